The molecule has 1 heterocycles. The summed E-state index contributed by atoms with van der Waals surface area (Å²) in [5, 5.41) is 6.18. The lowest BCUT2D eigenvalue weighted by Crippen LogP contribution is -2.61. The largest absolute Gasteiger partial charge is 0.341 e. The topological polar surface area (TPSA) is 74.3 Å². The molecule has 4 bridgehead atoms. The second kappa shape index (κ2) is 7.49. The Kier molecular flexibility index (Phi) is 5.06. The van der Waals surface area contributed by atoms with E-state index in [9.17, 15) is 9.59 Å². The molecular weight excluding hydrogens is 340 g/mol. The molecule has 3 amide bonds. The maximum absolute atomic E-state index is 12.4. The van der Waals surface area contributed by atoms with E-state index in [2.05, 4.69) is 15.6 Å². The van der Waals surface area contributed by atoms with Crippen LogP contribution in [-0.4, -0.2) is 41.0 Å². The maximum atomic E-state index is 12.4. The highest BCUT2D eigenvalue weighted by Crippen LogP contribution is 2.55. The summed E-state index contributed by atoms with van der Waals surface area (Å²) >= 11 is 0. The van der Waals surface area contributed by atoms with Crippen molar-refractivity contribution >= 4 is 11.9 Å². The van der Waals surface area contributed by atoms with Crippen molar-refractivity contribution in [2.75, 3.05) is 13.6 Å². The highest BCUT2D eigenvalue weighted by molar-refractivity contribution is 5.78. The number of amides is 3. The number of rotatable bonds is 6. The van der Waals surface area contributed by atoms with Crippen molar-refractivity contribution < 1.29 is 9.59 Å². The second-order valence-electron chi connectivity index (χ2n) is 8.94. The van der Waals surface area contributed by atoms with E-state index in [0.717, 1.165) is 42.6 Å². The molecule has 0 atom stereocenters. The first-order valence-corrected chi connectivity index (χ1v) is 10.2. The Labute approximate surface area is 161 Å². The zero-order chi connectivity index (χ0) is 18.9. The number of pyridine rings is 1. The minimum Gasteiger partial charge on any atom is -0.341 e. The van der Waals surface area contributed by atoms with Gasteiger partial charge in [-0.25, -0.2) is 4.79 Å². The van der Waals surface area contributed by atoms with Gasteiger partial charge in [0.25, 0.3) is 0 Å². The lowest BCUT2D eigenvalue weighted by Gasteiger charge is -2.56. The molecule has 0 saturated heterocycles. The van der Waals surface area contributed by atoms with E-state index in [-0.39, 0.29) is 17.5 Å². The molecule has 0 aromatic carbocycles. The molecule has 4 saturated carbocycles. The average molecular weight is 370 g/mol. The molecule has 4 aliphatic carbocycles. The Balaban J connectivity index is 1.20. The van der Waals surface area contributed by atoms with Crippen LogP contribution in [0.15, 0.2) is 24.5 Å². The average Bonchev–Trinajstić information content (AvgIpc) is 2.60. The summed E-state index contributed by atoms with van der Waals surface area (Å²) in [7, 11) is 1.78. The first-order chi connectivity index (χ1) is 13.0. The van der Waals surface area contributed by atoms with Crippen molar-refractivity contribution in [3.8, 4) is 0 Å². The first kappa shape index (κ1) is 18.3. The normalized spacial score (nSPS) is 30.8. The SMILES string of the molecule is CN(Cc1cccnc1)C(=O)CCNC(=O)NC12CC3CC(CC(C3)C1)C2. The van der Waals surface area contributed by atoms with Crippen LogP contribution in [0.5, 0.6) is 0 Å². The van der Waals surface area contributed by atoms with Crippen molar-refractivity contribution in [1.82, 2.24) is 20.5 Å². The number of hydrogen-bond donors (Lipinski definition) is 2. The van der Waals surface area contributed by atoms with E-state index in [4.69, 9.17) is 0 Å². The highest BCUT2D eigenvalue weighted by atomic mass is 16.2. The van der Waals surface area contributed by atoms with E-state index >= 15 is 0 Å². The molecule has 146 valence electrons. The molecule has 6 nitrogen and oxygen atoms in total. The van der Waals surface area contributed by atoms with E-state index in [1.54, 1.807) is 24.3 Å². The zero-order valence-corrected chi connectivity index (χ0v) is 16.1. The quantitative estimate of drug-likeness (QED) is 0.808. The summed E-state index contributed by atoms with van der Waals surface area (Å²) in [6.07, 6.45) is 11.3. The molecule has 27 heavy (non-hydrogen) atoms. The lowest BCUT2D eigenvalue weighted by atomic mass is 9.53. The summed E-state index contributed by atoms with van der Waals surface area (Å²) in [5.41, 5.74) is 1.01. The van der Waals surface area contributed by atoms with E-state index in [1.807, 2.05) is 12.1 Å². The number of nitrogens with zero attached hydrogens (tertiary/aromatic N) is 2. The van der Waals surface area contributed by atoms with Crippen LogP contribution in [0.4, 0.5) is 4.79 Å². The first-order valence-electron chi connectivity index (χ1n) is 10.2. The fraction of sp³-hybridized carbons (Fsp3) is 0.667. The van der Waals surface area contributed by atoms with Gasteiger partial charge in [0, 0.05) is 44.5 Å². The summed E-state index contributed by atoms with van der Waals surface area (Å²) in [6, 6.07) is 3.71. The molecule has 1 aromatic heterocycles. The van der Waals surface area contributed by atoms with Crippen LogP contribution in [0.3, 0.4) is 0 Å². The molecule has 2 N–H and O–H groups in total. The van der Waals surface area contributed by atoms with Gasteiger partial charge in [-0.05, 0) is 67.9 Å². The van der Waals surface area contributed by atoms with Crippen LogP contribution in [0.2, 0.25) is 0 Å². The summed E-state index contributed by atoms with van der Waals surface area (Å²) in [5.74, 6) is 2.44. The van der Waals surface area contributed by atoms with Gasteiger partial charge in [-0.15, -0.1) is 0 Å². The monoisotopic (exact) mass is 370 g/mol. The smallest absolute Gasteiger partial charge is 0.315 e. The van der Waals surface area contributed by atoms with Gasteiger partial charge in [-0.1, -0.05) is 6.07 Å². The van der Waals surface area contributed by atoms with E-state index < -0.39 is 0 Å². The summed E-state index contributed by atoms with van der Waals surface area (Å²) in [4.78, 5) is 30.4. The van der Waals surface area contributed by atoms with Crippen molar-refractivity contribution in [2.45, 2.75) is 57.0 Å². The molecule has 0 spiro atoms. The number of carbonyl (C=O) groups excluding carboxylic acids is 2. The number of urea groups is 1. The second-order valence-corrected chi connectivity index (χ2v) is 8.94. The fourth-order valence-electron chi connectivity index (χ4n) is 5.88. The van der Waals surface area contributed by atoms with Crippen LogP contribution < -0.4 is 10.6 Å². The Morgan fingerprint density at radius 1 is 1.19 bits per heavy atom. The molecule has 4 aliphatic rings. The van der Waals surface area contributed by atoms with Crippen LogP contribution in [0.1, 0.15) is 50.5 Å². The zero-order valence-electron chi connectivity index (χ0n) is 16.1. The minimum atomic E-state index is -0.111. The van der Waals surface area contributed by atoms with Crippen molar-refractivity contribution in [1.29, 1.82) is 0 Å². The number of aromatic nitrogens is 1. The van der Waals surface area contributed by atoms with Gasteiger partial charge in [-0.3, -0.25) is 9.78 Å². The summed E-state index contributed by atoms with van der Waals surface area (Å²) in [6.45, 7) is 0.903. The van der Waals surface area contributed by atoms with Crippen LogP contribution in [0, 0.1) is 17.8 Å². The minimum absolute atomic E-state index is 0.0138. The molecule has 4 fully saturated rings. The molecule has 1 aromatic rings. The molecule has 5 rings (SSSR count). The van der Waals surface area contributed by atoms with Gasteiger partial charge >= 0.3 is 6.03 Å². The van der Waals surface area contributed by atoms with Crippen molar-refractivity contribution in [2.24, 2.45) is 17.8 Å². The number of hydrogen-bond acceptors (Lipinski definition) is 3. The molecule has 0 radical (unpaired) electrons. The Morgan fingerprint density at radius 3 is 2.44 bits per heavy atom. The predicted molar refractivity (Wildman–Crippen MR) is 103 cm³/mol. The Bertz CT molecular complexity index is 655. The van der Waals surface area contributed by atoms with Gasteiger partial charge in [0.15, 0.2) is 0 Å². The standard InChI is InChI=1S/C21H30N4O2/c1-25(14-15-3-2-5-22-13-15)19(26)4-6-23-20(27)24-21-10-16-7-17(11-21)9-18(8-16)12-21/h2-3,5,13,16-18H,4,6-12,14H2,1H3,(H2,23,24,27). The molecule has 0 unspecified atom stereocenters. The Morgan fingerprint density at radius 2 is 1.85 bits per heavy atom. The molecule has 0 aliphatic heterocycles. The fourth-order valence-corrected chi connectivity index (χ4v) is 5.88. The van der Waals surface area contributed by atoms with E-state index in [0.29, 0.717) is 19.5 Å². The molecular formula is C21H30N4O2. The predicted octanol–water partition coefficient (Wildman–Crippen LogP) is 2.70. The maximum Gasteiger partial charge on any atom is 0.315 e. The third-order valence-electron chi connectivity index (χ3n) is 6.61. The lowest BCUT2D eigenvalue weighted by molar-refractivity contribution is -0.130. The van der Waals surface area contributed by atoms with Gasteiger partial charge in [0.1, 0.15) is 0 Å². The van der Waals surface area contributed by atoms with Crippen LogP contribution in [0.25, 0.3) is 0 Å². The van der Waals surface area contributed by atoms with Gasteiger partial charge in [-0.2, -0.15) is 0 Å². The Hall–Kier alpha value is -2.11. The van der Waals surface area contributed by atoms with Crippen LogP contribution in [-0.2, 0) is 11.3 Å². The number of carbonyl (C=O) groups is 2. The third kappa shape index (κ3) is 4.25. The molecule has 6 heteroatoms. The van der Waals surface area contributed by atoms with E-state index in [1.165, 1.54) is 19.3 Å². The van der Waals surface area contributed by atoms with Crippen molar-refractivity contribution in [3.63, 3.8) is 0 Å². The highest BCUT2D eigenvalue weighted by Gasteiger charge is 2.51. The van der Waals surface area contributed by atoms with Crippen molar-refractivity contribution in [3.05, 3.63) is 30.1 Å². The van der Waals surface area contributed by atoms with Gasteiger partial charge in [0.05, 0.1) is 0 Å². The van der Waals surface area contributed by atoms with Gasteiger partial charge in [0.2, 0.25) is 5.91 Å². The van der Waals surface area contributed by atoms with Crippen LogP contribution >= 0.6 is 0 Å². The number of nitrogens with one attached hydrogen (secondary N) is 2. The summed E-state index contributed by atoms with van der Waals surface area (Å²) < 4.78 is 0. The van der Waals surface area contributed by atoms with Gasteiger partial charge < -0.3 is 15.5 Å². The third-order valence-corrected chi connectivity index (χ3v) is 6.61.